The quantitative estimate of drug-likeness (QED) is 0.552. The molecule has 0 radical (unpaired) electrons. The van der Waals surface area contributed by atoms with E-state index < -0.39 is 0 Å². The van der Waals surface area contributed by atoms with Gasteiger partial charge < -0.3 is 5.32 Å². The Morgan fingerprint density at radius 2 is 1.48 bits per heavy atom. The van der Waals surface area contributed by atoms with Gasteiger partial charge in [-0.1, -0.05) is 60.7 Å². The van der Waals surface area contributed by atoms with E-state index in [2.05, 4.69) is 59.9 Å². The van der Waals surface area contributed by atoms with Crippen molar-refractivity contribution in [1.29, 1.82) is 5.26 Å². The Morgan fingerprint density at radius 3 is 2.07 bits per heavy atom. The highest BCUT2D eigenvalue weighted by molar-refractivity contribution is 5.60. The first-order valence-corrected chi connectivity index (χ1v) is 9.81. The van der Waals surface area contributed by atoms with Gasteiger partial charge in [0, 0.05) is 12.1 Å². The fourth-order valence-corrected chi connectivity index (χ4v) is 4.10. The Bertz CT molecular complexity index is 1130. The van der Waals surface area contributed by atoms with Crippen LogP contribution in [0.2, 0.25) is 0 Å². The average Bonchev–Trinajstić information content (AvgIpc) is 3.40. The number of aromatic nitrogens is 2. The lowest BCUT2D eigenvalue weighted by Crippen LogP contribution is -2.09. The maximum Gasteiger partial charge on any atom is 0.133 e. The number of nitrogens with zero attached hydrogens (tertiary/aromatic N) is 3. The molecule has 0 spiro atoms. The fourth-order valence-electron chi connectivity index (χ4n) is 4.10. The standard InChI is InChI=1S/C25H20N4/c26-17-18-11-13-21(14-12-18)29-25-22(15-16-27-25)24(28-29)23(19-7-3-1-4-8-19)20-9-5-2-6-10-20/h1-14,23,27H,15-16H2. The van der Waals surface area contributed by atoms with Crippen LogP contribution in [0.5, 0.6) is 0 Å². The van der Waals surface area contributed by atoms with Crippen molar-refractivity contribution >= 4 is 5.82 Å². The highest BCUT2D eigenvalue weighted by atomic mass is 15.3. The minimum absolute atomic E-state index is 0.0747. The number of nitriles is 1. The van der Waals surface area contributed by atoms with Crippen LogP contribution < -0.4 is 5.32 Å². The zero-order valence-electron chi connectivity index (χ0n) is 15.9. The second kappa shape index (κ2) is 7.29. The van der Waals surface area contributed by atoms with E-state index in [1.807, 2.05) is 41.1 Å². The van der Waals surface area contributed by atoms with Gasteiger partial charge in [0.1, 0.15) is 5.82 Å². The summed E-state index contributed by atoms with van der Waals surface area (Å²) in [4.78, 5) is 0. The number of nitrogens with one attached hydrogen (secondary N) is 1. The minimum Gasteiger partial charge on any atom is -0.369 e. The Morgan fingerprint density at radius 1 is 0.862 bits per heavy atom. The first-order chi connectivity index (χ1) is 14.3. The molecular weight excluding hydrogens is 356 g/mol. The summed E-state index contributed by atoms with van der Waals surface area (Å²) in [5.74, 6) is 1.13. The molecule has 0 aliphatic carbocycles. The van der Waals surface area contributed by atoms with E-state index in [1.54, 1.807) is 0 Å². The molecule has 4 heteroatoms. The zero-order chi connectivity index (χ0) is 19.6. The summed E-state index contributed by atoms with van der Waals surface area (Å²) < 4.78 is 1.98. The monoisotopic (exact) mass is 376 g/mol. The van der Waals surface area contributed by atoms with Crippen LogP contribution in [0.4, 0.5) is 5.82 Å². The second-order valence-corrected chi connectivity index (χ2v) is 7.21. The molecule has 1 N–H and O–H groups in total. The van der Waals surface area contributed by atoms with Crippen LogP contribution in [0.15, 0.2) is 84.9 Å². The molecule has 5 rings (SSSR count). The molecule has 1 aliphatic heterocycles. The van der Waals surface area contributed by atoms with E-state index in [4.69, 9.17) is 10.4 Å². The molecule has 0 unspecified atom stereocenters. The molecule has 0 saturated carbocycles. The SMILES string of the molecule is N#Cc1ccc(-n2nc(C(c3ccccc3)c3ccccc3)c3c2NCC3)cc1. The van der Waals surface area contributed by atoms with Crippen molar-refractivity contribution in [2.75, 3.05) is 11.9 Å². The maximum atomic E-state index is 9.10. The van der Waals surface area contributed by atoms with Gasteiger partial charge in [-0.2, -0.15) is 10.4 Å². The van der Waals surface area contributed by atoms with Gasteiger partial charge in [0.15, 0.2) is 0 Å². The molecule has 2 heterocycles. The molecule has 0 atom stereocenters. The number of hydrogen-bond acceptors (Lipinski definition) is 3. The van der Waals surface area contributed by atoms with Gasteiger partial charge in [-0.25, -0.2) is 4.68 Å². The number of hydrogen-bond donors (Lipinski definition) is 1. The Labute approximate surface area is 170 Å². The summed E-state index contributed by atoms with van der Waals surface area (Å²) in [5.41, 5.74) is 6.44. The summed E-state index contributed by atoms with van der Waals surface area (Å²) in [6.45, 7) is 0.909. The van der Waals surface area contributed by atoms with Gasteiger partial charge in [-0.3, -0.25) is 0 Å². The number of fused-ring (bicyclic) bond motifs is 1. The van der Waals surface area contributed by atoms with Crippen LogP contribution in [0.1, 0.15) is 33.9 Å². The fraction of sp³-hybridized carbons (Fsp3) is 0.120. The average molecular weight is 376 g/mol. The zero-order valence-corrected chi connectivity index (χ0v) is 15.9. The topological polar surface area (TPSA) is 53.6 Å². The van der Waals surface area contributed by atoms with E-state index in [0.29, 0.717) is 5.56 Å². The number of anilines is 1. The second-order valence-electron chi connectivity index (χ2n) is 7.21. The molecular formula is C25H20N4. The van der Waals surface area contributed by atoms with Crippen LogP contribution in [-0.4, -0.2) is 16.3 Å². The Hall–Kier alpha value is -3.84. The summed E-state index contributed by atoms with van der Waals surface area (Å²) in [7, 11) is 0. The minimum atomic E-state index is 0.0747. The van der Waals surface area contributed by atoms with Crippen molar-refractivity contribution in [2.24, 2.45) is 0 Å². The molecule has 1 aromatic heterocycles. The number of benzene rings is 3. The third-order valence-corrected chi connectivity index (χ3v) is 5.46. The molecule has 0 amide bonds. The van der Waals surface area contributed by atoms with Gasteiger partial charge in [-0.05, 0) is 41.8 Å². The first kappa shape index (κ1) is 17.3. The van der Waals surface area contributed by atoms with Crippen molar-refractivity contribution in [3.05, 3.63) is 113 Å². The lowest BCUT2D eigenvalue weighted by molar-refractivity contribution is 0.802. The van der Waals surface area contributed by atoms with Crippen LogP contribution in [0, 0.1) is 11.3 Å². The van der Waals surface area contributed by atoms with Crippen LogP contribution >= 0.6 is 0 Å². The maximum absolute atomic E-state index is 9.10. The van der Waals surface area contributed by atoms with E-state index in [-0.39, 0.29) is 5.92 Å². The number of rotatable bonds is 4. The normalized spacial score (nSPS) is 12.4. The van der Waals surface area contributed by atoms with E-state index in [1.165, 1.54) is 16.7 Å². The van der Waals surface area contributed by atoms with Crippen molar-refractivity contribution in [3.63, 3.8) is 0 Å². The predicted octanol–water partition coefficient (Wildman–Crippen LogP) is 4.89. The molecule has 0 bridgehead atoms. The molecule has 29 heavy (non-hydrogen) atoms. The van der Waals surface area contributed by atoms with Gasteiger partial charge in [-0.15, -0.1) is 0 Å². The van der Waals surface area contributed by atoms with E-state index in [0.717, 1.165) is 30.2 Å². The summed E-state index contributed by atoms with van der Waals surface area (Å²) in [5, 5.41) is 17.7. The smallest absolute Gasteiger partial charge is 0.133 e. The van der Waals surface area contributed by atoms with Gasteiger partial charge in [0.2, 0.25) is 0 Å². The van der Waals surface area contributed by atoms with E-state index in [9.17, 15) is 0 Å². The predicted molar refractivity (Wildman–Crippen MR) is 114 cm³/mol. The van der Waals surface area contributed by atoms with Crippen molar-refractivity contribution in [1.82, 2.24) is 9.78 Å². The molecule has 4 aromatic rings. The lowest BCUT2D eigenvalue weighted by atomic mass is 9.86. The third kappa shape index (κ3) is 3.07. The third-order valence-electron chi connectivity index (χ3n) is 5.46. The highest BCUT2D eigenvalue weighted by Gasteiger charge is 2.29. The van der Waals surface area contributed by atoms with Crippen molar-refractivity contribution < 1.29 is 0 Å². The molecule has 3 aromatic carbocycles. The van der Waals surface area contributed by atoms with Gasteiger partial charge >= 0.3 is 0 Å². The van der Waals surface area contributed by atoms with Crippen LogP contribution in [0.25, 0.3) is 5.69 Å². The molecule has 0 saturated heterocycles. The van der Waals surface area contributed by atoms with Crippen molar-refractivity contribution in [3.8, 4) is 11.8 Å². The van der Waals surface area contributed by atoms with Gasteiger partial charge in [0.25, 0.3) is 0 Å². The van der Waals surface area contributed by atoms with Crippen LogP contribution in [0.3, 0.4) is 0 Å². The molecule has 4 nitrogen and oxygen atoms in total. The molecule has 140 valence electrons. The molecule has 1 aliphatic rings. The summed E-state index contributed by atoms with van der Waals surface area (Å²) in [6.07, 6.45) is 0.955. The molecule has 0 fully saturated rings. The summed E-state index contributed by atoms with van der Waals surface area (Å²) in [6, 6.07) is 30.9. The van der Waals surface area contributed by atoms with Gasteiger partial charge in [0.05, 0.1) is 28.9 Å². The Kier molecular flexibility index (Phi) is 4.34. The van der Waals surface area contributed by atoms with Crippen molar-refractivity contribution in [2.45, 2.75) is 12.3 Å². The van der Waals surface area contributed by atoms with Crippen LogP contribution in [-0.2, 0) is 6.42 Å². The summed E-state index contributed by atoms with van der Waals surface area (Å²) >= 11 is 0. The van der Waals surface area contributed by atoms with E-state index >= 15 is 0 Å². The Balaban J connectivity index is 1.69. The largest absolute Gasteiger partial charge is 0.369 e. The first-order valence-electron chi connectivity index (χ1n) is 9.81. The lowest BCUT2D eigenvalue weighted by Gasteiger charge is -2.17. The highest BCUT2D eigenvalue weighted by Crippen LogP contribution is 2.38.